The zero-order chi connectivity index (χ0) is 17.5. The summed E-state index contributed by atoms with van der Waals surface area (Å²) in [6.45, 7) is 1.49. The van der Waals surface area contributed by atoms with E-state index < -0.39 is 10.0 Å². The van der Waals surface area contributed by atoms with Crippen LogP contribution in [-0.2, 0) is 21.2 Å². The van der Waals surface area contributed by atoms with E-state index in [1.165, 1.54) is 0 Å². The van der Waals surface area contributed by atoms with E-state index >= 15 is 0 Å². The number of fused-ring (bicyclic) bond motifs is 1. The minimum atomic E-state index is -3.68. The molecule has 0 unspecified atom stereocenters. The highest BCUT2D eigenvalue weighted by atomic mass is 79.9. The number of sulfonamides is 1. The molecule has 0 aromatic heterocycles. The van der Waals surface area contributed by atoms with Crippen molar-refractivity contribution < 1.29 is 13.2 Å². The van der Waals surface area contributed by atoms with Crippen LogP contribution in [0.25, 0.3) is 0 Å². The molecule has 8 heteroatoms. The summed E-state index contributed by atoms with van der Waals surface area (Å²) < 4.78 is 28.9. The molecule has 2 aliphatic rings. The molecule has 1 amide bonds. The minimum absolute atomic E-state index is 0.0563. The highest BCUT2D eigenvalue weighted by Gasteiger charge is 2.39. The normalized spacial score (nSPS) is 17.4. The Morgan fingerprint density at radius 1 is 1.38 bits per heavy atom. The van der Waals surface area contributed by atoms with E-state index in [0.717, 1.165) is 22.9 Å². The Bertz CT molecular complexity index is 760. The number of hydrogen-bond donors (Lipinski definition) is 1. The van der Waals surface area contributed by atoms with Gasteiger partial charge in [-0.05, 0) is 51.1 Å². The molecule has 132 valence electrons. The van der Waals surface area contributed by atoms with Gasteiger partial charge in [0.05, 0.1) is 5.69 Å². The largest absolute Gasteiger partial charge is 0.310 e. The Balaban J connectivity index is 1.94. The summed E-state index contributed by atoms with van der Waals surface area (Å²) in [5.41, 5.74) is 1.47. The van der Waals surface area contributed by atoms with Crippen molar-refractivity contribution in [3.8, 4) is 0 Å². The third kappa shape index (κ3) is 3.66. The lowest BCUT2D eigenvalue weighted by Gasteiger charge is -2.21. The number of amides is 1. The van der Waals surface area contributed by atoms with Gasteiger partial charge < -0.3 is 9.80 Å². The second-order valence-electron chi connectivity index (χ2n) is 6.63. The van der Waals surface area contributed by atoms with Crippen LogP contribution in [0.5, 0.6) is 0 Å². The van der Waals surface area contributed by atoms with Gasteiger partial charge in [-0.25, -0.2) is 13.1 Å². The molecule has 1 aliphatic carbocycles. The van der Waals surface area contributed by atoms with Gasteiger partial charge >= 0.3 is 0 Å². The molecule has 1 saturated carbocycles. The maximum Gasteiger partial charge on any atom is 0.242 e. The molecule has 1 fully saturated rings. The molecule has 0 atom stereocenters. The van der Waals surface area contributed by atoms with Crippen molar-refractivity contribution in [2.75, 3.05) is 38.6 Å². The molecule has 1 heterocycles. The second-order valence-corrected chi connectivity index (χ2v) is 9.28. The fourth-order valence-corrected chi connectivity index (χ4v) is 4.88. The van der Waals surface area contributed by atoms with Crippen LogP contribution in [0.3, 0.4) is 0 Å². The number of hydrogen-bond acceptors (Lipinski definition) is 4. The standard InChI is InChI=1S/C16H22BrN3O3S/c1-19(2)8-6-18-24(22,23)14-10-13(17)9-12-5-7-20(15(12)14)16(21)11-3-4-11/h9-11,18H,3-8H2,1-2H3. The molecule has 0 radical (unpaired) electrons. The van der Waals surface area contributed by atoms with E-state index in [-0.39, 0.29) is 16.7 Å². The van der Waals surface area contributed by atoms with Gasteiger partial charge in [0, 0.05) is 30.0 Å². The summed E-state index contributed by atoms with van der Waals surface area (Å²) in [6, 6.07) is 3.50. The van der Waals surface area contributed by atoms with E-state index in [4.69, 9.17) is 0 Å². The lowest BCUT2D eigenvalue weighted by atomic mass is 10.2. The van der Waals surface area contributed by atoms with Crippen LogP contribution in [0, 0.1) is 5.92 Å². The zero-order valence-electron chi connectivity index (χ0n) is 13.9. The number of carbonyl (C=O) groups excluding carboxylic acids is 1. The molecule has 1 aromatic rings. The summed E-state index contributed by atoms with van der Waals surface area (Å²) in [5, 5.41) is 0. The summed E-state index contributed by atoms with van der Waals surface area (Å²) in [4.78, 5) is 16.3. The van der Waals surface area contributed by atoms with Gasteiger partial charge in [0.15, 0.2) is 0 Å². The third-order valence-electron chi connectivity index (χ3n) is 4.33. The molecule has 1 N–H and O–H groups in total. The zero-order valence-corrected chi connectivity index (χ0v) is 16.3. The van der Waals surface area contributed by atoms with Gasteiger partial charge in [0.1, 0.15) is 4.90 Å². The highest BCUT2D eigenvalue weighted by Crippen LogP contribution is 2.41. The van der Waals surface area contributed by atoms with Crippen LogP contribution in [-0.4, -0.2) is 53.0 Å². The molecule has 1 aliphatic heterocycles. The Morgan fingerprint density at radius 2 is 2.08 bits per heavy atom. The number of halogens is 1. The van der Waals surface area contributed by atoms with Gasteiger partial charge in [-0.15, -0.1) is 0 Å². The van der Waals surface area contributed by atoms with Gasteiger partial charge in [0.2, 0.25) is 15.9 Å². The fourth-order valence-electron chi connectivity index (χ4n) is 2.93. The van der Waals surface area contributed by atoms with Crippen LogP contribution in [0.1, 0.15) is 18.4 Å². The maximum atomic E-state index is 12.8. The quantitative estimate of drug-likeness (QED) is 0.765. The molecule has 3 rings (SSSR count). The van der Waals surface area contributed by atoms with E-state index in [1.807, 2.05) is 25.1 Å². The highest BCUT2D eigenvalue weighted by molar-refractivity contribution is 9.10. The number of rotatable bonds is 6. The van der Waals surface area contributed by atoms with E-state index in [2.05, 4.69) is 20.7 Å². The van der Waals surface area contributed by atoms with Crippen molar-refractivity contribution in [2.45, 2.75) is 24.2 Å². The third-order valence-corrected chi connectivity index (χ3v) is 6.26. The van der Waals surface area contributed by atoms with Crippen molar-refractivity contribution in [2.24, 2.45) is 5.92 Å². The van der Waals surface area contributed by atoms with Crippen molar-refractivity contribution >= 4 is 37.5 Å². The molecular formula is C16H22BrN3O3S. The van der Waals surface area contributed by atoms with Crippen LogP contribution in [0.2, 0.25) is 0 Å². The first kappa shape index (κ1) is 17.8. The lowest BCUT2D eigenvalue weighted by Crippen LogP contribution is -2.34. The molecule has 0 spiro atoms. The Kier molecular flexibility index (Phi) is 5.01. The minimum Gasteiger partial charge on any atom is -0.310 e. The average Bonchev–Trinajstić information content (AvgIpc) is 3.25. The predicted molar refractivity (Wildman–Crippen MR) is 96.7 cm³/mol. The summed E-state index contributed by atoms with van der Waals surface area (Å²) in [6.07, 6.45) is 2.50. The first-order chi connectivity index (χ1) is 11.3. The van der Waals surface area contributed by atoms with Crippen LogP contribution >= 0.6 is 15.9 Å². The molecule has 0 bridgehead atoms. The van der Waals surface area contributed by atoms with Gasteiger partial charge in [-0.2, -0.15) is 0 Å². The number of likely N-dealkylation sites (N-methyl/N-ethyl adjacent to an activating group) is 1. The van der Waals surface area contributed by atoms with Gasteiger partial charge in [-0.3, -0.25) is 4.79 Å². The molecule has 24 heavy (non-hydrogen) atoms. The van der Waals surface area contributed by atoms with E-state index in [9.17, 15) is 13.2 Å². The molecule has 0 saturated heterocycles. The lowest BCUT2D eigenvalue weighted by molar-refractivity contribution is -0.119. The maximum absolute atomic E-state index is 12.8. The first-order valence-electron chi connectivity index (χ1n) is 8.08. The fraction of sp³-hybridized carbons (Fsp3) is 0.562. The molecule has 1 aromatic carbocycles. The average molecular weight is 416 g/mol. The summed E-state index contributed by atoms with van der Waals surface area (Å²) in [7, 11) is 0.104. The second kappa shape index (κ2) is 6.74. The first-order valence-corrected chi connectivity index (χ1v) is 10.4. The Labute approximate surface area is 151 Å². The van der Waals surface area contributed by atoms with Crippen molar-refractivity contribution in [3.05, 3.63) is 22.2 Å². The van der Waals surface area contributed by atoms with Crippen molar-refractivity contribution in [1.29, 1.82) is 0 Å². The number of carbonyl (C=O) groups is 1. The number of benzene rings is 1. The molecule has 6 nitrogen and oxygen atoms in total. The summed E-state index contributed by atoms with van der Waals surface area (Å²) >= 11 is 3.39. The van der Waals surface area contributed by atoms with Crippen molar-refractivity contribution in [3.63, 3.8) is 0 Å². The number of nitrogens with one attached hydrogen (secondary N) is 1. The monoisotopic (exact) mass is 415 g/mol. The summed E-state index contributed by atoms with van der Waals surface area (Å²) in [5.74, 6) is 0.123. The predicted octanol–water partition coefficient (Wildman–Crippen LogP) is 1.59. The van der Waals surface area contributed by atoms with Crippen LogP contribution in [0.15, 0.2) is 21.5 Å². The van der Waals surface area contributed by atoms with Crippen molar-refractivity contribution in [1.82, 2.24) is 9.62 Å². The smallest absolute Gasteiger partial charge is 0.242 e. The number of nitrogens with zero attached hydrogens (tertiary/aromatic N) is 2. The van der Waals surface area contributed by atoms with Gasteiger partial charge in [-0.1, -0.05) is 15.9 Å². The number of anilines is 1. The van der Waals surface area contributed by atoms with Gasteiger partial charge in [0.25, 0.3) is 0 Å². The van der Waals surface area contributed by atoms with Crippen LogP contribution < -0.4 is 9.62 Å². The Hall–Kier alpha value is -0.960. The molecular weight excluding hydrogens is 394 g/mol. The van der Waals surface area contributed by atoms with E-state index in [0.29, 0.717) is 31.7 Å². The SMILES string of the molecule is CN(C)CCNS(=O)(=O)c1cc(Br)cc2c1N(C(=O)C1CC1)CC2. The van der Waals surface area contributed by atoms with E-state index in [1.54, 1.807) is 11.0 Å². The topological polar surface area (TPSA) is 69.7 Å². The van der Waals surface area contributed by atoms with Crippen LogP contribution in [0.4, 0.5) is 5.69 Å². The Morgan fingerprint density at radius 3 is 2.71 bits per heavy atom.